The number of hydrogen-bond acceptors (Lipinski definition) is 6. The van der Waals surface area contributed by atoms with Crippen molar-refractivity contribution < 1.29 is 0 Å². The Kier molecular flexibility index (Phi) is 10.7. The van der Waals surface area contributed by atoms with Crippen molar-refractivity contribution in [3.63, 3.8) is 0 Å². The lowest BCUT2D eigenvalue weighted by molar-refractivity contribution is 0.598. The van der Waals surface area contributed by atoms with E-state index in [-0.39, 0.29) is 0 Å². The van der Waals surface area contributed by atoms with E-state index < -0.39 is 0 Å². The summed E-state index contributed by atoms with van der Waals surface area (Å²) in [6, 6.07) is 16.1. The Hall–Kier alpha value is -3.28. The van der Waals surface area contributed by atoms with Crippen molar-refractivity contribution in [2.75, 3.05) is 19.6 Å². The van der Waals surface area contributed by atoms with Gasteiger partial charge in [0.05, 0.1) is 34.1 Å². The second kappa shape index (κ2) is 13.8. The molecule has 0 amide bonds. The van der Waals surface area contributed by atoms with Gasteiger partial charge in [-0.25, -0.2) is 9.98 Å². The van der Waals surface area contributed by atoms with E-state index in [2.05, 4.69) is 167 Å². The molecule has 6 heteroatoms. The summed E-state index contributed by atoms with van der Waals surface area (Å²) in [5.74, 6) is 0. The summed E-state index contributed by atoms with van der Waals surface area (Å²) in [5, 5.41) is 4.52. The van der Waals surface area contributed by atoms with Gasteiger partial charge in [-0.3, -0.25) is 0 Å². The molecule has 0 fully saturated rings. The molecule has 0 saturated carbocycles. The van der Waals surface area contributed by atoms with Crippen LogP contribution in [0.4, 0.5) is 34.1 Å². The molecule has 0 bridgehead atoms. The molecular formula is C40H62N6. The first-order chi connectivity index (χ1) is 21.5. The summed E-state index contributed by atoms with van der Waals surface area (Å²) in [5.41, 5.74) is 7.18. The van der Waals surface area contributed by atoms with Gasteiger partial charge in [0.1, 0.15) is 10.7 Å². The molecule has 0 N–H and O–H groups in total. The topological polar surface area (TPSA) is 37.7 Å². The molecule has 252 valence electrons. The van der Waals surface area contributed by atoms with Gasteiger partial charge in [0, 0.05) is 59.1 Å². The SMILES string of the molecule is CC(C)N(c1c(N(C(C)C)C(C)C)c1=Nc1cccc2c(N=c3c(N(C(C)C)C(C)C)c3N(C(C)C)C(C)C)cccc12)C(C)C. The lowest BCUT2D eigenvalue weighted by atomic mass is 10.1. The smallest absolute Gasteiger partial charge is 0.115 e. The molecule has 0 radical (unpaired) electrons. The third kappa shape index (κ3) is 6.87. The molecular weight excluding hydrogens is 564 g/mol. The van der Waals surface area contributed by atoms with Crippen LogP contribution in [0.5, 0.6) is 0 Å². The molecule has 0 spiro atoms. The maximum absolute atomic E-state index is 5.43. The Bertz CT molecular complexity index is 1420. The van der Waals surface area contributed by atoms with E-state index in [9.17, 15) is 0 Å². The van der Waals surface area contributed by atoms with Crippen LogP contribution in [-0.2, 0) is 0 Å². The highest BCUT2D eigenvalue weighted by Crippen LogP contribution is 2.42. The van der Waals surface area contributed by atoms with Crippen LogP contribution in [0.3, 0.4) is 0 Å². The van der Waals surface area contributed by atoms with E-state index in [1.807, 2.05) is 0 Å². The van der Waals surface area contributed by atoms with Crippen LogP contribution in [-0.4, -0.2) is 48.3 Å². The monoisotopic (exact) mass is 627 g/mol. The minimum atomic E-state index is 0.385. The van der Waals surface area contributed by atoms with Crippen molar-refractivity contribution in [3.05, 3.63) is 47.1 Å². The lowest BCUT2D eigenvalue weighted by Crippen LogP contribution is -2.38. The fourth-order valence-corrected chi connectivity index (χ4v) is 7.67. The molecule has 0 aliphatic heterocycles. The van der Waals surface area contributed by atoms with Crippen molar-refractivity contribution in [3.8, 4) is 0 Å². The summed E-state index contributed by atoms with van der Waals surface area (Å²) in [7, 11) is 0. The molecule has 0 unspecified atom stereocenters. The van der Waals surface area contributed by atoms with E-state index in [1.165, 1.54) is 22.7 Å². The number of fused-ring (bicyclic) bond motifs is 1. The van der Waals surface area contributed by atoms with Crippen LogP contribution in [0, 0.1) is 0 Å². The van der Waals surface area contributed by atoms with Crippen LogP contribution >= 0.6 is 0 Å². The number of benzene rings is 2. The van der Waals surface area contributed by atoms with E-state index >= 15 is 0 Å². The lowest BCUT2D eigenvalue weighted by Gasteiger charge is -2.33. The first kappa shape index (κ1) is 35.6. The first-order valence-electron chi connectivity index (χ1n) is 17.8. The molecule has 46 heavy (non-hydrogen) atoms. The normalized spacial score (nSPS) is 12.6. The zero-order chi connectivity index (χ0) is 34.4. The first-order valence-corrected chi connectivity index (χ1v) is 17.8. The van der Waals surface area contributed by atoms with Crippen LogP contribution in [0.2, 0.25) is 0 Å². The third-order valence-electron chi connectivity index (χ3n) is 9.04. The summed E-state index contributed by atoms with van der Waals surface area (Å²) >= 11 is 0. The summed E-state index contributed by atoms with van der Waals surface area (Å²) < 4.78 is 0. The van der Waals surface area contributed by atoms with Gasteiger partial charge in [0.25, 0.3) is 0 Å². The van der Waals surface area contributed by atoms with Gasteiger partial charge in [-0.05, 0) is 123 Å². The van der Waals surface area contributed by atoms with Crippen LogP contribution in [0.15, 0.2) is 46.4 Å². The van der Waals surface area contributed by atoms with Crippen molar-refractivity contribution in [1.29, 1.82) is 0 Å². The Morgan fingerprint density at radius 2 is 0.565 bits per heavy atom. The Labute approximate surface area is 280 Å². The van der Waals surface area contributed by atoms with E-state index in [0.29, 0.717) is 48.3 Å². The molecule has 4 aromatic rings. The van der Waals surface area contributed by atoms with Gasteiger partial charge in [0.2, 0.25) is 0 Å². The summed E-state index contributed by atoms with van der Waals surface area (Å²) in [4.78, 5) is 21.0. The van der Waals surface area contributed by atoms with Crippen molar-refractivity contribution in [2.45, 2.75) is 159 Å². The highest BCUT2D eigenvalue weighted by molar-refractivity contribution is 6.00. The summed E-state index contributed by atoms with van der Waals surface area (Å²) in [6.07, 6.45) is 0. The number of anilines is 4. The second-order valence-electron chi connectivity index (χ2n) is 15.3. The highest BCUT2D eigenvalue weighted by Gasteiger charge is 2.36. The van der Waals surface area contributed by atoms with Crippen molar-refractivity contribution >= 4 is 44.9 Å². The van der Waals surface area contributed by atoms with Crippen molar-refractivity contribution in [1.82, 2.24) is 0 Å². The standard InChI is InChI=1S/C40H62N6/c1-23(2)43(24(3)4)37-35(38(37)44(25(5)6)26(7)8)41-33-21-17-20-32-31(33)19-18-22-34(32)42-36-39(45(27(9)10)28(11)12)40(36)46(29(13)14)30(15)16/h17-30H,1-16H3. The fraction of sp³-hybridized carbons (Fsp3) is 0.600. The van der Waals surface area contributed by atoms with Gasteiger partial charge < -0.3 is 19.6 Å². The van der Waals surface area contributed by atoms with Crippen LogP contribution in [0.1, 0.15) is 111 Å². The van der Waals surface area contributed by atoms with E-state index in [0.717, 1.165) is 32.9 Å². The average Bonchev–Trinajstić information content (AvgIpc) is 3.79. The van der Waals surface area contributed by atoms with Gasteiger partial charge >= 0.3 is 0 Å². The molecule has 0 aromatic heterocycles. The van der Waals surface area contributed by atoms with E-state index in [4.69, 9.17) is 9.98 Å². The molecule has 0 aliphatic rings. The summed E-state index contributed by atoms with van der Waals surface area (Å²) in [6.45, 7) is 36.6. The Balaban J connectivity index is 1.94. The molecule has 4 aromatic carbocycles. The highest BCUT2D eigenvalue weighted by atomic mass is 15.3. The Morgan fingerprint density at radius 1 is 0.348 bits per heavy atom. The maximum Gasteiger partial charge on any atom is 0.115 e. The molecule has 0 atom stereocenters. The van der Waals surface area contributed by atoms with Crippen molar-refractivity contribution in [2.24, 2.45) is 9.98 Å². The van der Waals surface area contributed by atoms with Gasteiger partial charge in [0.15, 0.2) is 0 Å². The average molecular weight is 627 g/mol. The third-order valence-corrected chi connectivity index (χ3v) is 9.04. The largest absolute Gasteiger partial charge is 0.363 e. The quantitative estimate of drug-likeness (QED) is 0.140. The van der Waals surface area contributed by atoms with Gasteiger partial charge in [-0.1, -0.05) is 24.3 Å². The van der Waals surface area contributed by atoms with E-state index in [1.54, 1.807) is 0 Å². The zero-order valence-electron chi connectivity index (χ0n) is 31.8. The second-order valence-corrected chi connectivity index (χ2v) is 15.3. The minimum absolute atomic E-state index is 0.385. The predicted molar refractivity (Wildman–Crippen MR) is 203 cm³/mol. The maximum atomic E-state index is 5.43. The zero-order valence-corrected chi connectivity index (χ0v) is 31.8. The van der Waals surface area contributed by atoms with Gasteiger partial charge in [-0.15, -0.1) is 0 Å². The molecule has 0 heterocycles. The number of rotatable bonds is 14. The molecule has 0 aliphatic carbocycles. The Morgan fingerprint density at radius 3 is 0.761 bits per heavy atom. The predicted octanol–water partition coefficient (Wildman–Crippen LogP) is 9.55. The minimum Gasteiger partial charge on any atom is -0.363 e. The number of hydrogen-bond donors (Lipinski definition) is 0. The molecule has 6 nitrogen and oxygen atoms in total. The van der Waals surface area contributed by atoms with Crippen LogP contribution in [0.25, 0.3) is 10.8 Å². The number of nitrogens with zero attached hydrogens (tertiary/aromatic N) is 6. The molecule has 4 rings (SSSR count). The fourth-order valence-electron chi connectivity index (χ4n) is 7.67. The molecule has 0 saturated heterocycles. The van der Waals surface area contributed by atoms with Gasteiger partial charge in [-0.2, -0.15) is 0 Å². The van der Waals surface area contributed by atoms with Crippen LogP contribution < -0.4 is 30.3 Å².